The van der Waals surface area contributed by atoms with E-state index < -0.39 is 0 Å². The van der Waals surface area contributed by atoms with Crippen molar-refractivity contribution in [1.29, 1.82) is 0 Å². The van der Waals surface area contributed by atoms with Crippen LogP contribution >= 0.6 is 0 Å². The van der Waals surface area contributed by atoms with Crippen molar-refractivity contribution in [3.63, 3.8) is 0 Å². The van der Waals surface area contributed by atoms with E-state index in [1.165, 1.54) is 21.5 Å². The van der Waals surface area contributed by atoms with Crippen LogP contribution in [0.3, 0.4) is 0 Å². The maximum absolute atomic E-state index is 6.21. The summed E-state index contributed by atoms with van der Waals surface area (Å²) in [5.41, 5.74) is 4.27. The number of benzene rings is 7. The Morgan fingerprint density at radius 3 is 2.02 bits per heavy atom. The van der Waals surface area contributed by atoms with Gasteiger partial charge in [-0.15, -0.1) is 0 Å². The third-order valence-corrected chi connectivity index (χ3v) is 9.17. The fourth-order valence-corrected chi connectivity index (χ4v) is 7.00. The second-order valence-corrected chi connectivity index (χ2v) is 11.9. The number of aromatic nitrogens is 4. The molecule has 218 valence electrons. The van der Waals surface area contributed by atoms with E-state index in [9.17, 15) is 0 Å². The van der Waals surface area contributed by atoms with Crippen LogP contribution in [0, 0.1) is 0 Å². The van der Waals surface area contributed by atoms with Crippen molar-refractivity contribution in [3.8, 4) is 34.2 Å². The predicted molar refractivity (Wildman–Crippen MR) is 191 cm³/mol. The number of rotatable bonds is 3. The van der Waals surface area contributed by atoms with Gasteiger partial charge in [0, 0.05) is 39.0 Å². The Balaban J connectivity index is 1.33. The van der Waals surface area contributed by atoms with Crippen molar-refractivity contribution >= 4 is 65.0 Å². The maximum atomic E-state index is 6.21. The van der Waals surface area contributed by atoms with Gasteiger partial charge in [-0.25, -0.2) is 15.0 Å². The Hall–Kier alpha value is -6.46. The lowest BCUT2D eigenvalue weighted by Crippen LogP contribution is -2.01. The molecule has 3 aromatic heterocycles. The quantitative estimate of drug-likeness (QED) is 0.189. The summed E-state index contributed by atoms with van der Waals surface area (Å²) in [7, 11) is 0. The molecule has 0 atom stereocenters. The summed E-state index contributed by atoms with van der Waals surface area (Å²) in [4.78, 5) is 20.0. The zero-order valence-corrected chi connectivity index (χ0v) is 25.1. The molecule has 0 saturated heterocycles. The first kappa shape index (κ1) is 25.8. The molecule has 0 aliphatic carbocycles. The summed E-state index contributed by atoms with van der Waals surface area (Å²) < 4.78 is 6.21. The van der Waals surface area contributed by atoms with Crippen LogP contribution in [0.4, 0.5) is 0 Å². The summed E-state index contributed by atoms with van der Waals surface area (Å²) in [6.45, 7) is 0. The van der Waals surface area contributed by atoms with Crippen molar-refractivity contribution in [2.75, 3.05) is 0 Å². The van der Waals surface area contributed by atoms with Gasteiger partial charge in [0.2, 0.25) is 0 Å². The molecule has 5 nitrogen and oxygen atoms in total. The molecule has 0 aliphatic rings. The minimum absolute atomic E-state index is 0.588. The number of nitrogens with zero attached hydrogens (tertiary/aromatic N) is 4. The van der Waals surface area contributed by atoms with Crippen LogP contribution < -0.4 is 0 Å². The third-order valence-electron chi connectivity index (χ3n) is 9.17. The van der Waals surface area contributed by atoms with Crippen molar-refractivity contribution in [2.45, 2.75) is 0 Å². The van der Waals surface area contributed by atoms with Crippen LogP contribution in [0.15, 0.2) is 150 Å². The highest BCUT2D eigenvalue weighted by Gasteiger charge is 2.20. The van der Waals surface area contributed by atoms with E-state index in [4.69, 9.17) is 19.4 Å². The Morgan fingerprint density at radius 1 is 0.404 bits per heavy atom. The molecule has 0 unspecified atom stereocenters. The van der Waals surface area contributed by atoms with Gasteiger partial charge in [0.05, 0.1) is 6.20 Å². The molecule has 0 bridgehead atoms. The van der Waals surface area contributed by atoms with Crippen LogP contribution in [0.25, 0.3) is 99.2 Å². The van der Waals surface area contributed by atoms with Gasteiger partial charge < -0.3 is 4.42 Å². The fourth-order valence-electron chi connectivity index (χ4n) is 7.00. The average Bonchev–Trinajstić information content (AvgIpc) is 3.53. The highest BCUT2D eigenvalue weighted by atomic mass is 16.3. The predicted octanol–water partition coefficient (Wildman–Crippen LogP) is 10.8. The van der Waals surface area contributed by atoms with Crippen molar-refractivity contribution in [3.05, 3.63) is 146 Å². The summed E-state index contributed by atoms with van der Waals surface area (Å²) in [6.07, 6.45) is 3.55. The van der Waals surface area contributed by atoms with Crippen LogP contribution in [0.5, 0.6) is 0 Å². The summed E-state index contributed by atoms with van der Waals surface area (Å²) in [5, 5.41) is 11.2. The van der Waals surface area contributed by atoms with Crippen LogP contribution in [0.2, 0.25) is 0 Å². The van der Waals surface area contributed by atoms with Crippen molar-refractivity contribution < 1.29 is 4.42 Å². The normalized spacial score (nSPS) is 11.8. The molecule has 0 spiro atoms. The fraction of sp³-hybridized carbons (Fsp3) is 0. The minimum atomic E-state index is 0.588. The first-order chi connectivity index (χ1) is 23.3. The first-order valence-electron chi connectivity index (χ1n) is 15.6. The first-order valence-corrected chi connectivity index (χ1v) is 15.6. The van der Waals surface area contributed by atoms with Gasteiger partial charge in [0.25, 0.3) is 0 Å². The maximum Gasteiger partial charge on any atom is 0.164 e. The van der Waals surface area contributed by atoms with Crippen molar-refractivity contribution in [2.24, 2.45) is 0 Å². The van der Waals surface area contributed by atoms with Gasteiger partial charge in [-0.05, 0) is 62.0 Å². The lowest BCUT2D eigenvalue weighted by molar-refractivity contribution is 0.667. The monoisotopic (exact) mass is 600 g/mol. The largest absolute Gasteiger partial charge is 0.454 e. The second kappa shape index (κ2) is 10.0. The standard InChI is InChI=1S/C42H24N4O/c1-2-10-27-22-29(17-16-25(27)8-1)40-44-41(34-14-7-15-36-39(34)33-20-21-43-24-37(33)47-36)46-42(45-40)35-23-28-11-4-5-12-30(28)32-19-18-26-9-3-6-13-31(26)38(32)35/h1-24H. The Bertz CT molecular complexity index is 2870. The smallest absolute Gasteiger partial charge is 0.164 e. The number of furan rings is 1. The number of hydrogen-bond donors (Lipinski definition) is 0. The van der Waals surface area contributed by atoms with Gasteiger partial charge in [-0.2, -0.15) is 0 Å². The Morgan fingerprint density at radius 2 is 1.13 bits per heavy atom. The van der Waals surface area contributed by atoms with Crippen LogP contribution in [0.1, 0.15) is 0 Å². The summed E-state index contributed by atoms with van der Waals surface area (Å²) >= 11 is 0. The average molecular weight is 601 g/mol. The lowest BCUT2D eigenvalue weighted by Gasteiger charge is -2.14. The zero-order chi connectivity index (χ0) is 30.9. The van der Waals surface area contributed by atoms with E-state index >= 15 is 0 Å². The molecule has 7 aromatic carbocycles. The SMILES string of the molecule is c1ccc2cc(-c3nc(-c4cccc5oc6cnccc6c45)nc(-c4cc5ccccc5c5ccc6ccccc6c45)n3)ccc2c1. The highest BCUT2D eigenvalue weighted by Crippen LogP contribution is 2.40. The Kier molecular flexibility index (Phi) is 5.51. The van der Waals surface area contributed by atoms with Crippen LogP contribution in [-0.2, 0) is 0 Å². The van der Waals surface area contributed by atoms with E-state index in [1.54, 1.807) is 12.4 Å². The molecular formula is C42H24N4O. The van der Waals surface area contributed by atoms with Gasteiger partial charge in [-0.3, -0.25) is 4.98 Å². The lowest BCUT2D eigenvalue weighted by atomic mass is 9.92. The molecule has 47 heavy (non-hydrogen) atoms. The van der Waals surface area contributed by atoms with E-state index in [1.807, 2.05) is 18.2 Å². The van der Waals surface area contributed by atoms with Gasteiger partial charge in [0.15, 0.2) is 23.1 Å². The molecule has 0 aliphatic heterocycles. The molecule has 10 aromatic rings. The van der Waals surface area contributed by atoms with E-state index in [0.717, 1.165) is 60.2 Å². The molecule has 5 heteroatoms. The van der Waals surface area contributed by atoms with Gasteiger partial charge >= 0.3 is 0 Å². The number of hydrogen-bond acceptors (Lipinski definition) is 5. The molecule has 0 amide bonds. The summed E-state index contributed by atoms with van der Waals surface area (Å²) in [6, 6.07) is 46.5. The number of fused-ring (bicyclic) bond motifs is 9. The molecule has 0 radical (unpaired) electrons. The van der Waals surface area contributed by atoms with Crippen molar-refractivity contribution in [1.82, 2.24) is 19.9 Å². The molecule has 10 rings (SSSR count). The zero-order valence-electron chi connectivity index (χ0n) is 25.1. The van der Waals surface area contributed by atoms with Gasteiger partial charge in [0.1, 0.15) is 5.58 Å². The summed E-state index contributed by atoms with van der Waals surface area (Å²) in [5.74, 6) is 1.82. The van der Waals surface area contributed by atoms with Gasteiger partial charge in [-0.1, -0.05) is 109 Å². The highest BCUT2D eigenvalue weighted by molar-refractivity contribution is 6.22. The molecule has 0 saturated carbocycles. The molecule has 0 N–H and O–H groups in total. The van der Waals surface area contributed by atoms with Crippen LogP contribution in [-0.4, -0.2) is 19.9 Å². The molecular weight excluding hydrogens is 576 g/mol. The van der Waals surface area contributed by atoms with E-state index in [-0.39, 0.29) is 0 Å². The number of pyridine rings is 1. The van der Waals surface area contributed by atoms with E-state index in [2.05, 4.69) is 120 Å². The third kappa shape index (κ3) is 4.03. The molecule has 3 heterocycles. The second-order valence-electron chi connectivity index (χ2n) is 11.9. The Labute approximate surface area is 268 Å². The minimum Gasteiger partial charge on any atom is -0.454 e. The molecule has 0 fully saturated rings. The topological polar surface area (TPSA) is 64.7 Å². The van der Waals surface area contributed by atoms with E-state index in [0.29, 0.717) is 17.5 Å².